The molecule has 0 atom stereocenters. The molecule has 30 heavy (non-hydrogen) atoms. The van der Waals surface area contributed by atoms with Gasteiger partial charge in [0.25, 0.3) is 0 Å². The first kappa shape index (κ1) is 19.4. The Labute approximate surface area is 175 Å². The van der Waals surface area contributed by atoms with Gasteiger partial charge in [-0.05, 0) is 43.2 Å². The number of amides is 2. The van der Waals surface area contributed by atoms with E-state index in [0.717, 1.165) is 28.3 Å². The molecule has 0 unspecified atom stereocenters. The molecule has 7 nitrogen and oxygen atoms in total. The van der Waals surface area contributed by atoms with E-state index < -0.39 is 0 Å². The predicted molar refractivity (Wildman–Crippen MR) is 119 cm³/mol. The maximum Gasteiger partial charge on any atom is 0.327 e. The number of nitrogens with zero attached hydrogens (tertiary/aromatic N) is 3. The minimum Gasteiger partial charge on any atom is -0.489 e. The maximum atomic E-state index is 13.2. The molecule has 152 valence electrons. The summed E-state index contributed by atoms with van der Waals surface area (Å²) in [5, 5.41) is 6.27. The summed E-state index contributed by atoms with van der Waals surface area (Å²) < 4.78 is 5.76. The summed E-state index contributed by atoms with van der Waals surface area (Å²) >= 11 is 0. The summed E-state index contributed by atoms with van der Waals surface area (Å²) in [5.41, 5.74) is 3.65. The molecule has 1 aliphatic heterocycles. The second-order valence-corrected chi connectivity index (χ2v) is 7.00. The Hall–Kier alpha value is -3.87. The lowest BCUT2D eigenvalue weighted by atomic mass is 10.1. The van der Waals surface area contributed by atoms with Gasteiger partial charge in [-0.25, -0.2) is 14.8 Å². The van der Waals surface area contributed by atoms with Crippen molar-refractivity contribution in [1.82, 2.24) is 9.97 Å². The number of urea groups is 1. The van der Waals surface area contributed by atoms with Crippen molar-refractivity contribution in [3.63, 3.8) is 0 Å². The normalized spacial score (nSPS) is 14.3. The number of hydrogen-bond donors (Lipinski definition) is 2. The summed E-state index contributed by atoms with van der Waals surface area (Å²) in [6.07, 6.45) is 5.22. The average molecular weight is 401 g/mol. The second kappa shape index (κ2) is 8.65. The number of aryl methyl sites for hydroxylation is 2. The number of hydrogen-bond acceptors (Lipinski definition) is 5. The Balaban J connectivity index is 1.66. The zero-order valence-corrected chi connectivity index (χ0v) is 16.9. The highest BCUT2D eigenvalue weighted by atomic mass is 16.5. The van der Waals surface area contributed by atoms with Crippen LogP contribution in [0, 0.1) is 13.8 Å². The van der Waals surface area contributed by atoms with E-state index in [4.69, 9.17) is 4.74 Å². The molecule has 2 heterocycles. The molecular formula is C23H23N5O2. The molecule has 0 radical (unpaired) electrons. The quantitative estimate of drug-likeness (QED) is 0.571. The first-order valence-electron chi connectivity index (χ1n) is 9.72. The van der Waals surface area contributed by atoms with Crippen molar-refractivity contribution in [3.05, 3.63) is 78.1 Å². The van der Waals surface area contributed by atoms with Crippen LogP contribution in [0.2, 0.25) is 0 Å². The third-order valence-corrected chi connectivity index (χ3v) is 4.79. The number of para-hydroxylation sites is 1. The standard InChI is InChI=1S/C23H23N5O2/c1-16-7-5-8-17(2)22(16)27-23(29)28-11-3-4-12-30-19-10-6-9-18(13-19)26-20-14-21(28)25-15-24-20/h3-10,13-15H,11-12H2,1-2H3,(H,27,29)(H,24,25,26)/b4-3+. The van der Waals surface area contributed by atoms with Gasteiger partial charge < -0.3 is 15.4 Å². The van der Waals surface area contributed by atoms with Crippen molar-refractivity contribution in [3.8, 4) is 5.75 Å². The van der Waals surface area contributed by atoms with Gasteiger partial charge in [-0.15, -0.1) is 0 Å². The minimum atomic E-state index is -0.266. The summed E-state index contributed by atoms with van der Waals surface area (Å²) in [6, 6.07) is 15.0. The van der Waals surface area contributed by atoms with Gasteiger partial charge >= 0.3 is 6.03 Å². The molecule has 0 saturated carbocycles. The van der Waals surface area contributed by atoms with Crippen LogP contribution in [0.1, 0.15) is 11.1 Å². The van der Waals surface area contributed by atoms with Crippen LogP contribution >= 0.6 is 0 Å². The predicted octanol–water partition coefficient (Wildman–Crippen LogP) is 4.82. The Morgan fingerprint density at radius 2 is 1.87 bits per heavy atom. The number of nitrogens with one attached hydrogen (secondary N) is 2. The fourth-order valence-corrected chi connectivity index (χ4v) is 3.23. The summed E-state index contributed by atoms with van der Waals surface area (Å²) in [6.45, 7) is 4.69. The van der Waals surface area contributed by atoms with Gasteiger partial charge in [0.1, 0.15) is 30.3 Å². The minimum absolute atomic E-state index is 0.266. The van der Waals surface area contributed by atoms with Crippen LogP contribution in [0.25, 0.3) is 0 Å². The molecule has 0 saturated heterocycles. The summed E-state index contributed by atoms with van der Waals surface area (Å²) in [4.78, 5) is 23.4. The van der Waals surface area contributed by atoms with Gasteiger partial charge in [0.05, 0.1) is 0 Å². The van der Waals surface area contributed by atoms with Crippen LogP contribution in [-0.4, -0.2) is 29.2 Å². The van der Waals surface area contributed by atoms with Crippen molar-refractivity contribution < 1.29 is 9.53 Å². The molecular weight excluding hydrogens is 378 g/mol. The SMILES string of the molecule is Cc1cccc(C)c1NC(=O)N1C/C=C/COc2cccc(c2)Nc2cc1ncn2. The van der Waals surface area contributed by atoms with Gasteiger partial charge in [-0.1, -0.05) is 30.3 Å². The van der Waals surface area contributed by atoms with Gasteiger partial charge in [0.2, 0.25) is 0 Å². The van der Waals surface area contributed by atoms with Crippen molar-refractivity contribution in [2.24, 2.45) is 0 Å². The number of rotatable bonds is 1. The lowest BCUT2D eigenvalue weighted by Crippen LogP contribution is -2.36. The van der Waals surface area contributed by atoms with Crippen molar-refractivity contribution in [1.29, 1.82) is 0 Å². The Bertz CT molecular complexity index is 1080. The lowest BCUT2D eigenvalue weighted by molar-refractivity contribution is 0.257. The highest BCUT2D eigenvalue weighted by molar-refractivity contribution is 6.02. The van der Waals surface area contributed by atoms with Crippen LogP contribution in [0.4, 0.5) is 27.8 Å². The highest BCUT2D eigenvalue weighted by Gasteiger charge is 2.18. The van der Waals surface area contributed by atoms with Gasteiger partial charge in [-0.3, -0.25) is 4.90 Å². The topological polar surface area (TPSA) is 79.4 Å². The third kappa shape index (κ3) is 4.41. The van der Waals surface area contributed by atoms with Gasteiger partial charge in [0.15, 0.2) is 0 Å². The molecule has 1 aromatic heterocycles. The molecule has 3 aromatic rings. The van der Waals surface area contributed by atoms with Crippen LogP contribution in [0.15, 0.2) is 67.0 Å². The fourth-order valence-electron chi connectivity index (χ4n) is 3.23. The molecule has 4 rings (SSSR count). The average Bonchev–Trinajstić information content (AvgIpc) is 2.74. The zero-order valence-electron chi connectivity index (χ0n) is 16.9. The molecule has 2 aromatic carbocycles. The van der Waals surface area contributed by atoms with Crippen LogP contribution in [0.3, 0.4) is 0 Å². The van der Waals surface area contributed by atoms with E-state index in [1.165, 1.54) is 6.33 Å². The molecule has 0 aliphatic carbocycles. The number of carbonyl (C=O) groups is 1. The van der Waals surface area contributed by atoms with Gasteiger partial charge in [-0.2, -0.15) is 0 Å². The molecule has 1 aliphatic rings. The third-order valence-electron chi connectivity index (χ3n) is 4.79. The Morgan fingerprint density at radius 1 is 1.07 bits per heavy atom. The van der Waals surface area contributed by atoms with Crippen LogP contribution < -0.4 is 20.3 Å². The largest absolute Gasteiger partial charge is 0.489 e. The van der Waals surface area contributed by atoms with E-state index in [-0.39, 0.29) is 6.03 Å². The summed E-state index contributed by atoms with van der Waals surface area (Å²) in [5.74, 6) is 1.84. The second-order valence-electron chi connectivity index (χ2n) is 7.00. The lowest BCUT2D eigenvalue weighted by Gasteiger charge is -2.22. The molecule has 0 spiro atoms. The molecule has 2 amide bonds. The smallest absolute Gasteiger partial charge is 0.327 e. The van der Waals surface area contributed by atoms with Crippen LogP contribution in [0.5, 0.6) is 5.75 Å². The monoisotopic (exact) mass is 401 g/mol. The first-order chi connectivity index (χ1) is 14.6. The zero-order chi connectivity index (χ0) is 20.9. The Morgan fingerprint density at radius 3 is 2.70 bits per heavy atom. The van der Waals surface area contributed by atoms with Crippen LogP contribution in [-0.2, 0) is 0 Å². The number of carbonyl (C=O) groups excluding carboxylic acids is 1. The van der Waals surface area contributed by atoms with E-state index in [1.807, 2.05) is 68.5 Å². The summed E-state index contributed by atoms with van der Waals surface area (Å²) in [7, 11) is 0. The number of ether oxygens (including phenoxy) is 1. The van der Waals surface area contributed by atoms with E-state index in [2.05, 4.69) is 20.6 Å². The molecule has 0 fully saturated rings. The van der Waals surface area contributed by atoms with Crippen molar-refractivity contribution in [2.75, 3.05) is 28.7 Å². The Kier molecular flexibility index (Phi) is 5.61. The maximum absolute atomic E-state index is 13.2. The van der Waals surface area contributed by atoms with Crippen molar-refractivity contribution in [2.45, 2.75) is 13.8 Å². The molecule has 4 bridgehead atoms. The first-order valence-corrected chi connectivity index (χ1v) is 9.72. The number of aromatic nitrogens is 2. The molecule has 7 heteroatoms. The van der Waals surface area contributed by atoms with Crippen molar-refractivity contribution >= 4 is 29.0 Å². The van der Waals surface area contributed by atoms with E-state index in [9.17, 15) is 4.79 Å². The number of fused-ring (bicyclic) bond motifs is 4. The number of anilines is 4. The van der Waals surface area contributed by atoms with E-state index >= 15 is 0 Å². The number of benzene rings is 2. The van der Waals surface area contributed by atoms with Gasteiger partial charge in [0, 0.05) is 30.1 Å². The molecule has 2 N–H and O–H groups in total. The fraction of sp³-hybridized carbons (Fsp3) is 0.174. The highest BCUT2D eigenvalue weighted by Crippen LogP contribution is 2.24. The van der Waals surface area contributed by atoms with E-state index in [0.29, 0.717) is 24.8 Å². The van der Waals surface area contributed by atoms with E-state index in [1.54, 1.807) is 11.0 Å².